The first-order chi connectivity index (χ1) is 9.95. The fourth-order valence-corrected chi connectivity index (χ4v) is 1.95. The summed E-state index contributed by atoms with van der Waals surface area (Å²) in [5.74, 6) is -0.328. The Morgan fingerprint density at radius 2 is 2.00 bits per heavy atom. The minimum Gasteiger partial charge on any atom is -0.324 e. The molecule has 1 N–H and O–H groups in total. The number of nitrogens with zero attached hydrogens (tertiary/aromatic N) is 2. The number of benzene rings is 1. The third-order valence-electron chi connectivity index (χ3n) is 3.23. The van der Waals surface area contributed by atoms with Gasteiger partial charge in [-0.25, -0.2) is 0 Å². The summed E-state index contributed by atoms with van der Waals surface area (Å²) < 4.78 is 1.37. The number of hydrogen-bond acceptors (Lipinski definition) is 3. The molecule has 1 aromatic heterocycles. The van der Waals surface area contributed by atoms with Gasteiger partial charge < -0.3 is 9.88 Å². The third-order valence-corrected chi connectivity index (χ3v) is 3.23. The first-order valence-electron chi connectivity index (χ1n) is 6.45. The lowest BCUT2D eigenvalue weighted by Gasteiger charge is -2.26. The molecule has 1 heterocycles. The summed E-state index contributed by atoms with van der Waals surface area (Å²) in [4.78, 5) is 24.3. The Hall–Kier alpha value is -2.87. The van der Waals surface area contributed by atoms with Crippen LogP contribution in [0, 0.1) is 11.3 Å². The summed E-state index contributed by atoms with van der Waals surface area (Å²) in [5, 5.41) is 11.6. The average Bonchev–Trinajstić information content (AvgIpc) is 2.47. The van der Waals surface area contributed by atoms with Crippen molar-refractivity contribution in [2.24, 2.45) is 0 Å². The summed E-state index contributed by atoms with van der Waals surface area (Å²) in [6.07, 6.45) is 1.58. The van der Waals surface area contributed by atoms with Crippen molar-refractivity contribution in [3.05, 3.63) is 64.6 Å². The number of hydrogen-bond donors (Lipinski definition) is 1. The fourth-order valence-electron chi connectivity index (χ4n) is 1.95. The van der Waals surface area contributed by atoms with Crippen LogP contribution in [0.4, 0.5) is 5.69 Å². The van der Waals surface area contributed by atoms with Crippen molar-refractivity contribution in [2.45, 2.75) is 19.4 Å². The molecule has 0 aliphatic carbocycles. The van der Waals surface area contributed by atoms with Crippen molar-refractivity contribution in [3.8, 4) is 6.07 Å². The minimum absolute atomic E-state index is 0.247. The number of aromatic nitrogens is 1. The van der Waals surface area contributed by atoms with Crippen LogP contribution in [-0.2, 0) is 10.3 Å². The average molecular weight is 281 g/mol. The molecule has 2 aromatic rings. The summed E-state index contributed by atoms with van der Waals surface area (Å²) in [5.41, 5.74) is -0.303. The molecule has 0 aliphatic heterocycles. The maximum atomic E-state index is 12.4. The van der Waals surface area contributed by atoms with Crippen LogP contribution in [0.1, 0.15) is 19.4 Å². The standard InChI is InChI=1S/C16H15N3O2/c1-16(2,19-9-4-3-8-14(19)20)15(21)18-13-7-5-6-12(10-13)11-17/h3-10H,1-2H3,(H,18,21). The number of carbonyl (C=O) groups excluding carboxylic acids is 1. The van der Waals surface area contributed by atoms with E-state index in [1.807, 2.05) is 6.07 Å². The van der Waals surface area contributed by atoms with Gasteiger partial charge in [0.2, 0.25) is 5.91 Å². The lowest BCUT2D eigenvalue weighted by Crippen LogP contribution is -2.45. The van der Waals surface area contributed by atoms with E-state index < -0.39 is 5.54 Å². The van der Waals surface area contributed by atoms with E-state index in [1.54, 1.807) is 56.4 Å². The summed E-state index contributed by atoms with van der Waals surface area (Å²) in [6, 6.07) is 13.4. The predicted octanol–water partition coefficient (Wildman–Crippen LogP) is 2.09. The van der Waals surface area contributed by atoms with Gasteiger partial charge in [0, 0.05) is 18.0 Å². The first-order valence-corrected chi connectivity index (χ1v) is 6.45. The van der Waals surface area contributed by atoms with Gasteiger partial charge in [0.1, 0.15) is 5.54 Å². The fraction of sp³-hybridized carbons (Fsp3) is 0.188. The highest BCUT2D eigenvalue weighted by Gasteiger charge is 2.30. The van der Waals surface area contributed by atoms with E-state index >= 15 is 0 Å². The van der Waals surface area contributed by atoms with E-state index in [0.717, 1.165) is 0 Å². The smallest absolute Gasteiger partial charge is 0.251 e. The van der Waals surface area contributed by atoms with Crippen molar-refractivity contribution in [2.75, 3.05) is 5.32 Å². The molecule has 0 spiro atoms. The molecular weight excluding hydrogens is 266 g/mol. The Bertz CT molecular complexity index is 769. The van der Waals surface area contributed by atoms with E-state index in [2.05, 4.69) is 5.32 Å². The number of anilines is 1. The molecule has 0 radical (unpaired) electrons. The molecule has 0 atom stereocenters. The largest absolute Gasteiger partial charge is 0.324 e. The minimum atomic E-state index is -1.04. The van der Waals surface area contributed by atoms with E-state index in [0.29, 0.717) is 11.3 Å². The normalized spacial score (nSPS) is 10.7. The number of pyridine rings is 1. The number of amides is 1. The summed E-state index contributed by atoms with van der Waals surface area (Å²) >= 11 is 0. The van der Waals surface area contributed by atoms with Crippen molar-refractivity contribution in [1.29, 1.82) is 5.26 Å². The van der Waals surface area contributed by atoms with Gasteiger partial charge in [-0.05, 0) is 38.1 Å². The lowest BCUT2D eigenvalue weighted by atomic mass is 10.0. The van der Waals surface area contributed by atoms with Gasteiger partial charge >= 0.3 is 0 Å². The van der Waals surface area contributed by atoms with E-state index in [-0.39, 0.29) is 11.5 Å². The SMILES string of the molecule is CC(C)(C(=O)Nc1cccc(C#N)c1)n1ccccc1=O. The zero-order valence-electron chi connectivity index (χ0n) is 11.8. The second kappa shape index (κ2) is 5.63. The second-order valence-electron chi connectivity index (χ2n) is 5.11. The monoisotopic (exact) mass is 281 g/mol. The number of nitriles is 1. The Morgan fingerprint density at radius 3 is 2.67 bits per heavy atom. The number of nitrogens with one attached hydrogen (secondary N) is 1. The Kier molecular flexibility index (Phi) is 3.90. The molecule has 0 unspecified atom stereocenters. The van der Waals surface area contributed by atoms with Gasteiger partial charge in [-0.1, -0.05) is 12.1 Å². The van der Waals surface area contributed by atoms with Crippen LogP contribution in [0.15, 0.2) is 53.5 Å². The quantitative estimate of drug-likeness (QED) is 0.936. The van der Waals surface area contributed by atoms with E-state index in [9.17, 15) is 9.59 Å². The molecule has 0 fully saturated rings. The van der Waals surface area contributed by atoms with Gasteiger partial charge in [0.15, 0.2) is 0 Å². The van der Waals surface area contributed by atoms with E-state index in [4.69, 9.17) is 5.26 Å². The maximum Gasteiger partial charge on any atom is 0.251 e. The molecule has 5 nitrogen and oxygen atoms in total. The number of carbonyl (C=O) groups is 1. The topological polar surface area (TPSA) is 74.9 Å². The van der Waals surface area contributed by atoms with Gasteiger partial charge in [-0.15, -0.1) is 0 Å². The van der Waals surface area contributed by atoms with Crippen LogP contribution >= 0.6 is 0 Å². The Morgan fingerprint density at radius 1 is 1.24 bits per heavy atom. The third kappa shape index (κ3) is 3.00. The second-order valence-corrected chi connectivity index (χ2v) is 5.11. The van der Waals surface area contributed by atoms with Gasteiger partial charge in [0.25, 0.3) is 5.56 Å². The summed E-state index contributed by atoms with van der Waals surface area (Å²) in [6.45, 7) is 3.33. The molecular formula is C16H15N3O2. The molecule has 1 amide bonds. The van der Waals surface area contributed by atoms with Crippen LogP contribution in [0.2, 0.25) is 0 Å². The highest BCUT2D eigenvalue weighted by atomic mass is 16.2. The van der Waals surface area contributed by atoms with Gasteiger partial charge in [0.05, 0.1) is 11.6 Å². The molecule has 0 aliphatic rings. The van der Waals surface area contributed by atoms with Crippen molar-refractivity contribution < 1.29 is 4.79 Å². The van der Waals surface area contributed by atoms with Crippen molar-refractivity contribution in [1.82, 2.24) is 4.57 Å². The van der Waals surface area contributed by atoms with Gasteiger partial charge in [-0.2, -0.15) is 5.26 Å². The molecule has 0 saturated heterocycles. The van der Waals surface area contributed by atoms with Crippen LogP contribution in [-0.4, -0.2) is 10.5 Å². The Balaban J connectivity index is 2.29. The predicted molar refractivity (Wildman–Crippen MR) is 79.8 cm³/mol. The molecule has 106 valence electrons. The zero-order chi connectivity index (χ0) is 15.5. The molecule has 0 bridgehead atoms. The number of rotatable bonds is 3. The molecule has 21 heavy (non-hydrogen) atoms. The van der Waals surface area contributed by atoms with E-state index in [1.165, 1.54) is 10.6 Å². The Labute approximate surface area is 122 Å². The lowest BCUT2D eigenvalue weighted by molar-refractivity contribution is -0.123. The van der Waals surface area contributed by atoms with Gasteiger partial charge in [-0.3, -0.25) is 9.59 Å². The van der Waals surface area contributed by atoms with Crippen LogP contribution < -0.4 is 10.9 Å². The first kappa shape index (κ1) is 14.5. The zero-order valence-corrected chi connectivity index (χ0v) is 11.8. The molecule has 0 saturated carbocycles. The molecule has 2 rings (SSSR count). The van der Waals surface area contributed by atoms with Crippen molar-refractivity contribution >= 4 is 11.6 Å². The van der Waals surface area contributed by atoms with Crippen molar-refractivity contribution in [3.63, 3.8) is 0 Å². The molecule has 5 heteroatoms. The summed E-state index contributed by atoms with van der Waals surface area (Å²) in [7, 11) is 0. The highest BCUT2D eigenvalue weighted by molar-refractivity contribution is 5.96. The van der Waals surface area contributed by atoms with Crippen LogP contribution in [0.25, 0.3) is 0 Å². The van der Waals surface area contributed by atoms with Crippen LogP contribution in [0.3, 0.4) is 0 Å². The highest BCUT2D eigenvalue weighted by Crippen LogP contribution is 2.17. The maximum absolute atomic E-state index is 12.4. The van der Waals surface area contributed by atoms with Crippen LogP contribution in [0.5, 0.6) is 0 Å². The molecule has 1 aromatic carbocycles.